The van der Waals surface area contributed by atoms with Crippen LogP contribution in [0.15, 0.2) is 12.7 Å². The Morgan fingerprint density at radius 1 is 1.50 bits per heavy atom. The lowest BCUT2D eigenvalue weighted by atomic mass is 10.2. The molecule has 0 amide bonds. The zero-order chi connectivity index (χ0) is 10.4. The van der Waals surface area contributed by atoms with Crippen molar-refractivity contribution in [2.75, 3.05) is 19.8 Å². The average Bonchev–Trinajstić information content (AvgIpc) is 2.26. The summed E-state index contributed by atoms with van der Waals surface area (Å²) < 4.78 is 14.6. The van der Waals surface area contributed by atoms with Gasteiger partial charge in [0.1, 0.15) is 12.5 Å². The summed E-state index contributed by atoms with van der Waals surface area (Å²) in [7, 11) is 0. The summed E-state index contributed by atoms with van der Waals surface area (Å²) in [5.74, 6) is -0.847. The molecule has 0 aromatic carbocycles. The minimum atomic E-state index is -0.849. The Labute approximate surface area is 81.6 Å². The van der Waals surface area contributed by atoms with E-state index in [1.54, 1.807) is 0 Å². The van der Waals surface area contributed by atoms with Crippen molar-refractivity contribution in [1.82, 2.24) is 0 Å². The van der Waals surface area contributed by atoms with E-state index in [1.165, 1.54) is 6.08 Å². The van der Waals surface area contributed by atoms with Gasteiger partial charge in [0.25, 0.3) is 0 Å². The minimum Gasteiger partial charge on any atom is -0.461 e. The van der Waals surface area contributed by atoms with Crippen molar-refractivity contribution >= 4 is 12.3 Å². The third-order valence-electron chi connectivity index (χ3n) is 1.71. The molecule has 5 nitrogen and oxygen atoms in total. The minimum absolute atomic E-state index is 0.152. The first kappa shape index (κ1) is 10.9. The van der Waals surface area contributed by atoms with Crippen molar-refractivity contribution in [1.29, 1.82) is 0 Å². The molecule has 0 saturated carbocycles. The fourth-order valence-corrected chi connectivity index (χ4v) is 0.992. The van der Waals surface area contributed by atoms with Gasteiger partial charge in [-0.05, 0) is 0 Å². The highest BCUT2D eigenvalue weighted by molar-refractivity contribution is 5.73. The number of carbonyl (C=O) groups is 2. The molecule has 0 unspecified atom stereocenters. The summed E-state index contributed by atoms with van der Waals surface area (Å²) in [5, 5.41) is 0. The Balaban J connectivity index is 2.29. The summed E-state index contributed by atoms with van der Waals surface area (Å²) >= 11 is 0. The van der Waals surface area contributed by atoms with Gasteiger partial charge in [0, 0.05) is 0 Å². The van der Waals surface area contributed by atoms with Gasteiger partial charge in [0.2, 0.25) is 6.29 Å². The molecule has 0 spiro atoms. The van der Waals surface area contributed by atoms with Gasteiger partial charge in [-0.25, -0.2) is 0 Å². The Hall–Kier alpha value is -1.20. The molecule has 1 fully saturated rings. The molecule has 14 heavy (non-hydrogen) atoms. The molecule has 0 aromatic heterocycles. The summed E-state index contributed by atoms with van der Waals surface area (Å²) in [6, 6.07) is 0. The first-order valence-electron chi connectivity index (χ1n) is 4.24. The van der Waals surface area contributed by atoms with Crippen LogP contribution >= 0.6 is 0 Å². The second-order valence-corrected chi connectivity index (χ2v) is 2.79. The van der Waals surface area contributed by atoms with Crippen LogP contribution in [-0.2, 0) is 23.8 Å². The largest absolute Gasteiger partial charge is 0.461 e. The lowest BCUT2D eigenvalue weighted by molar-refractivity contribution is -0.202. The molecular weight excluding hydrogens is 188 g/mol. The lowest BCUT2D eigenvalue weighted by Crippen LogP contribution is -2.37. The van der Waals surface area contributed by atoms with Crippen LogP contribution in [0.3, 0.4) is 0 Å². The van der Waals surface area contributed by atoms with E-state index in [0.29, 0.717) is 6.29 Å². The number of hydrogen-bond donors (Lipinski definition) is 0. The molecule has 1 rings (SSSR count). The third-order valence-corrected chi connectivity index (χ3v) is 1.71. The van der Waals surface area contributed by atoms with Gasteiger partial charge >= 0.3 is 5.97 Å². The van der Waals surface area contributed by atoms with E-state index in [0.717, 1.165) is 0 Å². The topological polar surface area (TPSA) is 61.8 Å². The second kappa shape index (κ2) is 5.51. The van der Waals surface area contributed by atoms with Crippen molar-refractivity contribution in [3.63, 3.8) is 0 Å². The van der Waals surface area contributed by atoms with Crippen molar-refractivity contribution in [3.05, 3.63) is 12.7 Å². The van der Waals surface area contributed by atoms with Crippen molar-refractivity contribution in [2.45, 2.75) is 6.29 Å². The molecule has 1 heterocycles. The van der Waals surface area contributed by atoms with E-state index in [-0.39, 0.29) is 19.8 Å². The summed E-state index contributed by atoms with van der Waals surface area (Å²) in [4.78, 5) is 21.5. The van der Waals surface area contributed by atoms with E-state index in [4.69, 9.17) is 14.2 Å². The van der Waals surface area contributed by atoms with Gasteiger partial charge in [-0.15, -0.1) is 0 Å². The normalized spacial score (nSPS) is 26.6. The Bertz CT molecular complexity index is 217. The standard InChI is InChI=1S/C9H12O5/c1-2-3-12-9(11)7-5-13-8(4-10)14-6-7/h2,4,7-8H,1,3,5-6H2. The number of carbonyl (C=O) groups excluding carboxylic acids is 2. The van der Waals surface area contributed by atoms with E-state index < -0.39 is 18.2 Å². The molecule has 0 atom stereocenters. The molecule has 0 bridgehead atoms. The molecule has 1 saturated heterocycles. The second-order valence-electron chi connectivity index (χ2n) is 2.79. The average molecular weight is 200 g/mol. The summed E-state index contributed by atoms with van der Waals surface area (Å²) in [6.45, 7) is 3.89. The first-order chi connectivity index (χ1) is 6.77. The smallest absolute Gasteiger partial charge is 0.313 e. The van der Waals surface area contributed by atoms with Crippen molar-refractivity contribution in [3.8, 4) is 0 Å². The fraction of sp³-hybridized carbons (Fsp3) is 0.556. The van der Waals surface area contributed by atoms with Crippen LogP contribution in [0.1, 0.15) is 0 Å². The van der Waals surface area contributed by atoms with Crippen LogP contribution < -0.4 is 0 Å². The van der Waals surface area contributed by atoms with Gasteiger partial charge in [0.15, 0.2) is 6.29 Å². The molecule has 5 heteroatoms. The van der Waals surface area contributed by atoms with E-state index in [9.17, 15) is 9.59 Å². The highest BCUT2D eigenvalue weighted by atomic mass is 16.7. The Morgan fingerprint density at radius 3 is 2.64 bits per heavy atom. The van der Waals surface area contributed by atoms with Crippen LogP contribution in [0, 0.1) is 5.92 Å². The highest BCUT2D eigenvalue weighted by Crippen LogP contribution is 2.11. The van der Waals surface area contributed by atoms with Gasteiger partial charge in [0.05, 0.1) is 13.2 Å². The highest BCUT2D eigenvalue weighted by Gasteiger charge is 2.28. The van der Waals surface area contributed by atoms with Crippen LogP contribution in [0.2, 0.25) is 0 Å². The number of ether oxygens (including phenoxy) is 3. The molecule has 1 aliphatic heterocycles. The van der Waals surface area contributed by atoms with E-state index >= 15 is 0 Å². The number of esters is 1. The molecule has 1 aliphatic rings. The predicted molar refractivity (Wildman–Crippen MR) is 46.4 cm³/mol. The zero-order valence-corrected chi connectivity index (χ0v) is 7.68. The van der Waals surface area contributed by atoms with E-state index in [2.05, 4.69) is 6.58 Å². The predicted octanol–water partition coefficient (Wildman–Crippen LogP) is -0.0964. The quantitative estimate of drug-likeness (QED) is 0.360. The van der Waals surface area contributed by atoms with Gasteiger partial charge < -0.3 is 14.2 Å². The molecule has 0 aromatic rings. The Morgan fingerprint density at radius 2 is 2.14 bits per heavy atom. The van der Waals surface area contributed by atoms with Crippen LogP contribution in [0.4, 0.5) is 0 Å². The van der Waals surface area contributed by atoms with Gasteiger partial charge in [-0.1, -0.05) is 12.7 Å². The summed E-state index contributed by atoms with van der Waals surface area (Å²) in [5.41, 5.74) is 0. The molecule has 78 valence electrons. The van der Waals surface area contributed by atoms with Crippen molar-refractivity contribution in [2.24, 2.45) is 5.92 Å². The molecule has 0 aliphatic carbocycles. The molecule has 0 radical (unpaired) electrons. The lowest BCUT2D eigenvalue weighted by Gasteiger charge is -2.24. The Kier molecular flexibility index (Phi) is 4.28. The van der Waals surface area contributed by atoms with Gasteiger partial charge in [-0.3, -0.25) is 9.59 Å². The number of aldehydes is 1. The van der Waals surface area contributed by atoms with Gasteiger partial charge in [-0.2, -0.15) is 0 Å². The first-order valence-corrected chi connectivity index (χ1v) is 4.24. The third kappa shape index (κ3) is 2.93. The van der Waals surface area contributed by atoms with Crippen LogP contribution in [0.5, 0.6) is 0 Å². The molecule has 0 N–H and O–H groups in total. The maximum Gasteiger partial charge on any atom is 0.313 e. The summed E-state index contributed by atoms with van der Waals surface area (Å²) in [6.07, 6.45) is 1.18. The monoisotopic (exact) mass is 200 g/mol. The van der Waals surface area contributed by atoms with Crippen LogP contribution in [-0.4, -0.2) is 38.4 Å². The fourth-order valence-electron chi connectivity index (χ4n) is 0.992. The number of hydrogen-bond acceptors (Lipinski definition) is 5. The number of rotatable bonds is 4. The van der Waals surface area contributed by atoms with Crippen LogP contribution in [0.25, 0.3) is 0 Å². The van der Waals surface area contributed by atoms with E-state index in [1.807, 2.05) is 0 Å². The maximum absolute atomic E-state index is 11.2. The van der Waals surface area contributed by atoms with Crippen molar-refractivity contribution < 1.29 is 23.8 Å². The zero-order valence-electron chi connectivity index (χ0n) is 7.68. The molecular formula is C9H12O5. The SMILES string of the molecule is C=CCOC(=O)C1COC(C=O)OC1. The maximum atomic E-state index is 11.2.